The molecular formula is C27H19FN2O3S. The quantitative estimate of drug-likeness (QED) is 0.305. The molecular weight excluding hydrogens is 451 g/mol. The van der Waals surface area contributed by atoms with Crippen LogP contribution in [-0.2, 0) is 0 Å². The topological polar surface area (TPSA) is 63.4 Å². The third-order valence-electron chi connectivity index (χ3n) is 6.24. The number of benzene rings is 3. The number of fused-ring (bicyclic) bond motifs is 3. The molecule has 3 heterocycles. The van der Waals surface area contributed by atoms with E-state index in [4.69, 9.17) is 9.40 Å². The van der Waals surface area contributed by atoms with Gasteiger partial charge < -0.3 is 4.42 Å². The number of aromatic nitrogens is 1. The summed E-state index contributed by atoms with van der Waals surface area (Å²) in [6, 6.07) is 18.0. The van der Waals surface area contributed by atoms with Crippen LogP contribution in [0, 0.1) is 5.82 Å². The predicted molar refractivity (Wildman–Crippen MR) is 131 cm³/mol. The fourth-order valence-electron chi connectivity index (χ4n) is 4.47. The summed E-state index contributed by atoms with van der Waals surface area (Å²) in [5, 5.41) is 0.860. The van der Waals surface area contributed by atoms with Crippen molar-refractivity contribution in [2.24, 2.45) is 0 Å². The van der Waals surface area contributed by atoms with Crippen molar-refractivity contribution in [3.63, 3.8) is 0 Å². The number of rotatable bonds is 3. The highest BCUT2D eigenvalue weighted by Crippen LogP contribution is 2.43. The lowest BCUT2D eigenvalue weighted by molar-refractivity contribution is 0.0971. The summed E-state index contributed by atoms with van der Waals surface area (Å²) in [4.78, 5) is 33.5. The molecule has 0 aliphatic carbocycles. The molecule has 0 radical (unpaired) electrons. The monoisotopic (exact) mass is 470 g/mol. The summed E-state index contributed by atoms with van der Waals surface area (Å²) in [7, 11) is 0. The van der Waals surface area contributed by atoms with E-state index in [1.54, 1.807) is 36.4 Å². The Morgan fingerprint density at radius 3 is 2.56 bits per heavy atom. The molecule has 1 atom stereocenters. The summed E-state index contributed by atoms with van der Waals surface area (Å²) >= 11 is 1.39. The highest BCUT2D eigenvalue weighted by atomic mass is 32.1. The SMILES string of the molecule is CC(C)c1ccc2nc(N3C(=O)c4oc5ccccc5c(=O)c4C3c3ccc(F)cc3)sc2c1. The van der Waals surface area contributed by atoms with Crippen molar-refractivity contribution < 1.29 is 13.6 Å². The fraction of sp³-hybridized carbons (Fsp3) is 0.148. The van der Waals surface area contributed by atoms with Crippen molar-refractivity contribution in [1.29, 1.82) is 0 Å². The highest BCUT2D eigenvalue weighted by molar-refractivity contribution is 7.22. The zero-order valence-corrected chi connectivity index (χ0v) is 19.2. The molecule has 3 aromatic carbocycles. The van der Waals surface area contributed by atoms with Gasteiger partial charge in [-0.3, -0.25) is 14.5 Å². The van der Waals surface area contributed by atoms with Gasteiger partial charge in [-0.1, -0.05) is 55.5 Å². The van der Waals surface area contributed by atoms with Gasteiger partial charge in [-0.05, 0) is 53.4 Å². The minimum atomic E-state index is -0.769. The minimum absolute atomic E-state index is 0.000139. The number of halogens is 1. The van der Waals surface area contributed by atoms with Crippen LogP contribution < -0.4 is 10.3 Å². The molecule has 0 fully saturated rings. The van der Waals surface area contributed by atoms with E-state index < -0.39 is 17.8 Å². The molecule has 168 valence electrons. The van der Waals surface area contributed by atoms with Gasteiger partial charge >= 0.3 is 0 Å². The molecule has 2 aromatic heterocycles. The van der Waals surface area contributed by atoms with Crippen molar-refractivity contribution in [2.45, 2.75) is 25.8 Å². The molecule has 1 aliphatic rings. The van der Waals surface area contributed by atoms with E-state index in [2.05, 4.69) is 19.9 Å². The van der Waals surface area contributed by atoms with Crippen molar-refractivity contribution in [1.82, 2.24) is 4.98 Å². The average Bonchev–Trinajstić information content (AvgIpc) is 3.38. The zero-order chi connectivity index (χ0) is 23.6. The van der Waals surface area contributed by atoms with Crippen LogP contribution in [0.1, 0.15) is 53.1 Å². The number of thiazole rings is 1. The van der Waals surface area contributed by atoms with Crippen LogP contribution in [0.15, 0.2) is 75.9 Å². The zero-order valence-electron chi connectivity index (χ0n) is 18.4. The number of amides is 1. The Hall–Kier alpha value is -3.84. The summed E-state index contributed by atoms with van der Waals surface area (Å²) in [6.45, 7) is 4.24. The molecule has 7 heteroatoms. The van der Waals surface area contributed by atoms with Crippen molar-refractivity contribution in [3.05, 3.63) is 105 Å². The first-order valence-corrected chi connectivity index (χ1v) is 11.8. The maximum absolute atomic E-state index is 13.7. The van der Waals surface area contributed by atoms with Crippen LogP contribution in [-0.4, -0.2) is 10.9 Å². The smallest absolute Gasteiger partial charge is 0.297 e. The number of anilines is 1. The Bertz CT molecular complexity index is 1650. The molecule has 0 bridgehead atoms. The molecule has 0 saturated heterocycles. The van der Waals surface area contributed by atoms with Gasteiger partial charge in [0.15, 0.2) is 10.6 Å². The van der Waals surface area contributed by atoms with Crippen LogP contribution in [0.4, 0.5) is 9.52 Å². The second kappa shape index (κ2) is 7.60. The lowest BCUT2D eigenvalue weighted by Crippen LogP contribution is -2.29. The largest absolute Gasteiger partial charge is 0.450 e. The molecule has 0 spiro atoms. The minimum Gasteiger partial charge on any atom is -0.450 e. The van der Waals surface area contributed by atoms with Crippen molar-refractivity contribution in [2.75, 3.05) is 4.90 Å². The van der Waals surface area contributed by atoms with Crippen molar-refractivity contribution >= 4 is 43.6 Å². The number of hydrogen-bond acceptors (Lipinski definition) is 5. The molecule has 34 heavy (non-hydrogen) atoms. The van der Waals surface area contributed by atoms with Gasteiger partial charge in [0.2, 0.25) is 5.76 Å². The predicted octanol–water partition coefficient (Wildman–Crippen LogP) is 6.42. The molecule has 1 aliphatic heterocycles. The molecule has 5 nitrogen and oxygen atoms in total. The lowest BCUT2D eigenvalue weighted by Gasteiger charge is -2.22. The Morgan fingerprint density at radius 2 is 1.79 bits per heavy atom. The van der Waals surface area contributed by atoms with E-state index in [1.807, 2.05) is 12.1 Å². The van der Waals surface area contributed by atoms with E-state index >= 15 is 0 Å². The van der Waals surface area contributed by atoms with E-state index in [-0.39, 0.29) is 16.8 Å². The summed E-state index contributed by atoms with van der Waals surface area (Å²) in [5.41, 5.74) is 2.89. The van der Waals surface area contributed by atoms with Gasteiger partial charge in [0.1, 0.15) is 11.4 Å². The number of carbonyl (C=O) groups excluding carboxylic acids is 1. The standard InChI is InChI=1S/C27H19FN2O3S/c1-14(2)16-9-12-19-21(13-16)34-27(29-19)30-23(15-7-10-17(28)11-8-15)22-24(31)18-5-3-4-6-20(18)33-25(22)26(30)32/h3-14,23H,1-2H3. The maximum atomic E-state index is 13.7. The second-order valence-electron chi connectivity index (χ2n) is 8.68. The van der Waals surface area contributed by atoms with Gasteiger partial charge in [0.25, 0.3) is 5.91 Å². The van der Waals surface area contributed by atoms with E-state index in [0.717, 1.165) is 10.2 Å². The van der Waals surface area contributed by atoms with Crippen LogP contribution in [0.2, 0.25) is 0 Å². The molecule has 1 unspecified atom stereocenters. The van der Waals surface area contributed by atoms with E-state index in [1.165, 1.54) is 33.9 Å². The molecule has 1 amide bonds. The summed E-state index contributed by atoms with van der Waals surface area (Å²) in [6.07, 6.45) is 0. The summed E-state index contributed by atoms with van der Waals surface area (Å²) in [5.74, 6) is -0.476. The van der Waals surface area contributed by atoms with Gasteiger partial charge in [0, 0.05) is 0 Å². The molecule has 5 aromatic rings. The number of para-hydroxylation sites is 1. The summed E-state index contributed by atoms with van der Waals surface area (Å²) < 4.78 is 20.6. The molecule has 0 N–H and O–H groups in total. The first-order valence-electron chi connectivity index (χ1n) is 11.0. The maximum Gasteiger partial charge on any atom is 0.297 e. The van der Waals surface area contributed by atoms with Crippen molar-refractivity contribution in [3.8, 4) is 0 Å². The first kappa shape index (κ1) is 20.7. The fourth-order valence-corrected chi connectivity index (χ4v) is 5.51. The van der Waals surface area contributed by atoms with Gasteiger partial charge in [-0.15, -0.1) is 0 Å². The molecule has 6 rings (SSSR count). The van der Waals surface area contributed by atoms with Crippen LogP contribution in [0.3, 0.4) is 0 Å². The second-order valence-corrected chi connectivity index (χ2v) is 9.69. The van der Waals surface area contributed by atoms with Gasteiger partial charge in [-0.25, -0.2) is 9.37 Å². The Balaban J connectivity index is 1.60. The Kier molecular flexibility index (Phi) is 4.64. The number of carbonyl (C=O) groups is 1. The Labute approximate surface area is 198 Å². The number of hydrogen-bond donors (Lipinski definition) is 0. The first-order chi connectivity index (χ1) is 16.4. The van der Waals surface area contributed by atoms with Crippen LogP contribution in [0.25, 0.3) is 21.2 Å². The third kappa shape index (κ3) is 3.08. The number of nitrogens with zero attached hydrogens (tertiary/aromatic N) is 2. The third-order valence-corrected chi connectivity index (χ3v) is 7.25. The Morgan fingerprint density at radius 1 is 1.03 bits per heavy atom. The lowest BCUT2D eigenvalue weighted by atomic mass is 9.99. The van der Waals surface area contributed by atoms with Gasteiger partial charge in [-0.2, -0.15) is 0 Å². The molecule has 0 saturated carbocycles. The van der Waals surface area contributed by atoms with Crippen LogP contribution in [0.5, 0.6) is 0 Å². The van der Waals surface area contributed by atoms with Crippen LogP contribution >= 0.6 is 11.3 Å². The highest BCUT2D eigenvalue weighted by Gasteiger charge is 2.45. The van der Waals surface area contributed by atoms with E-state index in [9.17, 15) is 14.0 Å². The van der Waals surface area contributed by atoms with E-state index in [0.29, 0.717) is 27.6 Å². The average molecular weight is 471 g/mol. The van der Waals surface area contributed by atoms with Gasteiger partial charge in [0.05, 0.1) is 27.2 Å². The normalized spacial score (nSPS) is 15.6.